The van der Waals surface area contributed by atoms with Gasteiger partial charge in [-0.1, -0.05) is 53.9 Å². The number of rotatable bonds is 8. The largest absolute Gasteiger partial charge is 0.399 e. The summed E-state index contributed by atoms with van der Waals surface area (Å²) in [5.74, 6) is 1.87. The first kappa shape index (κ1) is 17.8. The highest BCUT2D eigenvalue weighted by Gasteiger charge is 2.26. The van der Waals surface area contributed by atoms with Gasteiger partial charge in [-0.15, -0.1) is 0 Å². The lowest BCUT2D eigenvalue weighted by Gasteiger charge is -2.25. The highest BCUT2D eigenvalue weighted by molar-refractivity contribution is 5.80. The lowest BCUT2D eigenvalue weighted by atomic mass is 9.89. The summed E-state index contributed by atoms with van der Waals surface area (Å²) in [7, 11) is 0. The van der Waals surface area contributed by atoms with E-state index in [-0.39, 0.29) is 5.41 Å². The Morgan fingerprint density at radius 3 is 2.61 bits per heavy atom. The van der Waals surface area contributed by atoms with Crippen LogP contribution in [0.15, 0.2) is 18.2 Å². The second kappa shape index (κ2) is 7.37. The van der Waals surface area contributed by atoms with Crippen molar-refractivity contribution in [1.29, 1.82) is 0 Å². The van der Waals surface area contributed by atoms with E-state index in [2.05, 4.69) is 45.3 Å². The SMILES string of the molecule is CCCCCC(C)Cn1c(C(C)(C)CC)nc2cc(N)ccc21. The summed E-state index contributed by atoms with van der Waals surface area (Å²) in [4.78, 5) is 4.95. The summed E-state index contributed by atoms with van der Waals surface area (Å²) in [6.45, 7) is 12.5. The Morgan fingerprint density at radius 1 is 1.22 bits per heavy atom. The van der Waals surface area contributed by atoms with Gasteiger partial charge in [-0.3, -0.25) is 0 Å². The molecule has 23 heavy (non-hydrogen) atoms. The van der Waals surface area contributed by atoms with Gasteiger partial charge in [0.25, 0.3) is 0 Å². The van der Waals surface area contributed by atoms with E-state index in [0.717, 1.165) is 24.2 Å². The van der Waals surface area contributed by atoms with E-state index in [1.54, 1.807) is 0 Å². The standard InChI is InChI=1S/C20H33N3/c1-6-8-9-10-15(3)14-23-18-12-11-16(21)13-17(18)22-19(23)20(4,5)7-2/h11-13,15H,6-10,14,21H2,1-5H3. The van der Waals surface area contributed by atoms with Gasteiger partial charge in [0.1, 0.15) is 5.82 Å². The number of aromatic nitrogens is 2. The molecule has 3 heteroatoms. The average Bonchev–Trinajstić information content (AvgIpc) is 2.86. The molecule has 1 aromatic heterocycles. The molecule has 2 rings (SSSR count). The number of hydrogen-bond acceptors (Lipinski definition) is 2. The second-order valence-corrected chi connectivity index (χ2v) is 7.63. The molecule has 2 aromatic rings. The highest BCUT2D eigenvalue weighted by Crippen LogP contribution is 2.31. The molecule has 0 aliphatic carbocycles. The van der Waals surface area contributed by atoms with Crippen LogP contribution >= 0.6 is 0 Å². The van der Waals surface area contributed by atoms with E-state index < -0.39 is 0 Å². The molecular weight excluding hydrogens is 282 g/mol. The van der Waals surface area contributed by atoms with Crippen LogP contribution in [0.2, 0.25) is 0 Å². The van der Waals surface area contributed by atoms with Crippen molar-refractivity contribution >= 4 is 16.7 Å². The molecule has 1 aromatic carbocycles. The van der Waals surface area contributed by atoms with Crippen molar-refractivity contribution < 1.29 is 0 Å². The van der Waals surface area contributed by atoms with E-state index in [1.807, 2.05) is 12.1 Å². The van der Waals surface area contributed by atoms with Gasteiger partial charge in [-0.25, -0.2) is 4.98 Å². The minimum atomic E-state index is 0.0803. The first-order valence-electron chi connectivity index (χ1n) is 9.15. The normalized spacial score (nSPS) is 13.6. The van der Waals surface area contributed by atoms with Gasteiger partial charge in [0.2, 0.25) is 0 Å². The predicted octanol–water partition coefficient (Wildman–Crippen LogP) is 5.52. The van der Waals surface area contributed by atoms with Gasteiger partial charge >= 0.3 is 0 Å². The van der Waals surface area contributed by atoms with Gasteiger partial charge in [-0.2, -0.15) is 0 Å². The molecule has 0 fully saturated rings. The Labute approximate surface area is 141 Å². The molecule has 0 saturated heterocycles. The van der Waals surface area contributed by atoms with Crippen molar-refractivity contribution in [2.24, 2.45) is 5.92 Å². The van der Waals surface area contributed by atoms with Crippen molar-refractivity contribution in [2.45, 2.75) is 78.7 Å². The van der Waals surface area contributed by atoms with Gasteiger partial charge in [0.15, 0.2) is 0 Å². The molecule has 1 heterocycles. The number of nitrogen functional groups attached to an aromatic ring is 1. The number of nitrogens with zero attached hydrogens (tertiary/aromatic N) is 2. The summed E-state index contributed by atoms with van der Waals surface area (Å²) in [6, 6.07) is 6.12. The molecule has 0 aliphatic heterocycles. The third kappa shape index (κ3) is 4.07. The number of hydrogen-bond donors (Lipinski definition) is 1. The van der Waals surface area contributed by atoms with Crippen LogP contribution in [0.4, 0.5) is 5.69 Å². The van der Waals surface area contributed by atoms with Gasteiger partial charge in [-0.05, 0) is 37.0 Å². The molecule has 2 N–H and O–H groups in total. The van der Waals surface area contributed by atoms with Crippen molar-refractivity contribution in [3.8, 4) is 0 Å². The fourth-order valence-corrected chi connectivity index (χ4v) is 3.15. The fourth-order valence-electron chi connectivity index (χ4n) is 3.15. The quantitative estimate of drug-likeness (QED) is 0.514. The van der Waals surface area contributed by atoms with Crippen LogP contribution in [-0.4, -0.2) is 9.55 Å². The molecule has 0 saturated carbocycles. The maximum atomic E-state index is 5.96. The Hall–Kier alpha value is -1.51. The van der Waals surface area contributed by atoms with Crippen molar-refractivity contribution in [2.75, 3.05) is 5.73 Å². The van der Waals surface area contributed by atoms with Crippen molar-refractivity contribution in [1.82, 2.24) is 9.55 Å². The van der Waals surface area contributed by atoms with E-state index in [0.29, 0.717) is 5.92 Å². The number of anilines is 1. The lowest BCUT2D eigenvalue weighted by Crippen LogP contribution is -2.23. The molecule has 3 nitrogen and oxygen atoms in total. The van der Waals surface area contributed by atoms with Gasteiger partial charge < -0.3 is 10.3 Å². The second-order valence-electron chi connectivity index (χ2n) is 7.63. The Kier molecular flexibility index (Phi) is 5.72. The third-order valence-electron chi connectivity index (χ3n) is 5.06. The maximum Gasteiger partial charge on any atom is 0.115 e. The molecule has 128 valence electrons. The number of unbranched alkanes of at least 4 members (excludes halogenated alkanes) is 2. The van der Waals surface area contributed by atoms with E-state index in [4.69, 9.17) is 10.7 Å². The number of fused-ring (bicyclic) bond motifs is 1. The molecule has 0 amide bonds. The molecular formula is C20H33N3. The minimum absolute atomic E-state index is 0.0803. The van der Waals surface area contributed by atoms with E-state index >= 15 is 0 Å². The van der Waals surface area contributed by atoms with Crippen molar-refractivity contribution in [3.05, 3.63) is 24.0 Å². The predicted molar refractivity (Wildman–Crippen MR) is 101 cm³/mol. The zero-order valence-electron chi connectivity index (χ0n) is 15.5. The summed E-state index contributed by atoms with van der Waals surface area (Å²) in [5.41, 5.74) is 9.08. The summed E-state index contributed by atoms with van der Waals surface area (Å²) in [6.07, 6.45) is 6.31. The first-order chi connectivity index (χ1) is 10.9. The van der Waals surface area contributed by atoms with Gasteiger partial charge in [0, 0.05) is 17.6 Å². The van der Waals surface area contributed by atoms with Crippen molar-refractivity contribution in [3.63, 3.8) is 0 Å². The molecule has 0 bridgehead atoms. The average molecular weight is 316 g/mol. The fraction of sp³-hybridized carbons (Fsp3) is 0.650. The lowest BCUT2D eigenvalue weighted by molar-refractivity contribution is 0.391. The van der Waals surface area contributed by atoms with Crippen LogP contribution in [-0.2, 0) is 12.0 Å². The van der Waals surface area contributed by atoms with E-state index in [9.17, 15) is 0 Å². The monoisotopic (exact) mass is 315 g/mol. The van der Waals surface area contributed by atoms with Crippen LogP contribution in [0.25, 0.3) is 11.0 Å². The smallest absolute Gasteiger partial charge is 0.115 e. The number of nitrogens with two attached hydrogens (primary N) is 1. The van der Waals surface area contributed by atoms with Crippen LogP contribution in [0.5, 0.6) is 0 Å². The zero-order valence-corrected chi connectivity index (χ0v) is 15.5. The van der Waals surface area contributed by atoms with Crippen LogP contribution < -0.4 is 5.73 Å². The van der Waals surface area contributed by atoms with Crippen LogP contribution in [0, 0.1) is 5.92 Å². The zero-order chi connectivity index (χ0) is 17.0. The van der Waals surface area contributed by atoms with Crippen LogP contribution in [0.3, 0.4) is 0 Å². The molecule has 0 spiro atoms. The molecule has 0 radical (unpaired) electrons. The molecule has 1 atom stereocenters. The number of benzene rings is 1. The minimum Gasteiger partial charge on any atom is -0.399 e. The molecule has 0 aliphatic rings. The first-order valence-corrected chi connectivity index (χ1v) is 9.15. The summed E-state index contributed by atoms with van der Waals surface area (Å²) in [5, 5.41) is 0. The topological polar surface area (TPSA) is 43.8 Å². The van der Waals surface area contributed by atoms with Gasteiger partial charge in [0.05, 0.1) is 11.0 Å². The van der Waals surface area contributed by atoms with Crippen LogP contribution in [0.1, 0.15) is 72.5 Å². The maximum absolute atomic E-state index is 5.96. The Bertz CT molecular complexity index is 640. The Balaban J connectivity index is 2.36. The third-order valence-corrected chi connectivity index (χ3v) is 5.06. The molecule has 1 unspecified atom stereocenters. The summed E-state index contributed by atoms with van der Waals surface area (Å²) < 4.78 is 2.44. The number of imidazole rings is 1. The Morgan fingerprint density at radius 2 is 1.96 bits per heavy atom. The summed E-state index contributed by atoms with van der Waals surface area (Å²) >= 11 is 0. The highest BCUT2D eigenvalue weighted by atomic mass is 15.1. The van der Waals surface area contributed by atoms with E-state index in [1.165, 1.54) is 37.0 Å².